The van der Waals surface area contributed by atoms with Crippen LogP contribution in [0.3, 0.4) is 0 Å². The fraction of sp³-hybridized carbons (Fsp3) is 0.357. The smallest absolute Gasteiger partial charge is 0.244 e. The summed E-state index contributed by atoms with van der Waals surface area (Å²) in [5.74, 6) is -0.188. The molecule has 1 amide bonds. The summed E-state index contributed by atoms with van der Waals surface area (Å²) in [7, 11) is 0. The van der Waals surface area contributed by atoms with Gasteiger partial charge in [0.15, 0.2) is 0 Å². The first-order valence-electron chi connectivity index (χ1n) is 6.74. The van der Waals surface area contributed by atoms with Crippen LogP contribution >= 0.6 is 23.2 Å². The molecule has 1 aromatic carbocycles. The molecule has 0 aliphatic rings. The highest BCUT2D eigenvalue weighted by Gasteiger charge is 2.16. The van der Waals surface area contributed by atoms with E-state index in [-0.39, 0.29) is 5.91 Å². The van der Waals surface area contributed by atoms with Crippen molar-refractivity contribution in [1.29, 1.82) is 0 Å². The number of hydrogen-bond donors (Lipinski definition) is 2. The number of benzene rings is 1. The van der Waals surface area contributed by atoms with Crippen LogP contribution in [0.25, 0.3) is 0 Å². The summed E-state index contributed by atoms with van der Waals surface area (Å²) < 4.78 is 1.46. The van der Waals surface area contributed by atoms with E-state index < -0.39 is 12.1 Å². The van der Waals surface area contributed by atoms with Gasteiger partial charge < -0.3 is 10.4 Å². The molecule has 0 radical (unpaired) electrons. The predicted molar refractivity (Wildman–Crippen MR) is 83.8 cm³/mol. The van der Waals surface area contributed by atoms with Gasteiger partial charge >= 0.3 is 0 Å². The fourth-order valence-electron chi connectivity index (χ4n) is 1.90. The van der Waals surface area contributed by atoms with Gasteiger partial charge in [-0.25, -0.2) is 9.67 Å². The second-order valence-electron chi connectivity index (χ2n) is 4.82. The average molecular weight is 343 g/mol. The Morgan fingerprint density at radius 1 is 1.41 bits per heavy atom. The molecule has 0 unspecified atom stereocenters. The minimum atomic E-state index is -0.725. The molecule has 0 saturated heterocycles. The summed E-state index contributed by atoms with van der Waals surface area (Å²) in [4.78, 5) is 15.7. The molecule has 0 fully saturated rings. The maximum absolute atomic E-state index is 11.9. The summed E-state index contributed by atoms with van der Waals surface area (Å²) >= 11 is 11.7. The Bertz CT molecular complexity index is 634. The lowest BCUT2D eigenvalue weighted by molar-refractivity contribution is -0.124. The minimum Gasteiger partial charge on any atom is -0.388 e. The zero-order valence-corrected chi connectivity index (χ0v) is 13.4. The summed E-state index contributed by atoms with van der Waals surface area (Å²) in [6.45, 7) is 2.05. The third-order valence-corrected chi connectivity index (χ3v) is 4.00. The van der Waals surface area contributed by atoms with Crippen LogP contribution in [0.4, 0.5) is 0 Å². The van der Waals surface area contributed by atoms with Crippen molar-refractivity contribution < 1.29 is 9.90 Å². The van der Waals surface area contributed by atoms with Gasteiger partial charge in [-0.1, -0.05) is 29.3 Å². The summed E-state index contributed by atoms with van der Waals surface area (Å²) in [5, 5.41) is 17.6. The lowest BCUT2D eigenvalue weighted by atomic mass is 10.1. The van der Waals surface area contributed by atoms with Gasteiger partial charge in [0.1, 0.15) is 18.7 Å². The molecule has 8 heteroatoms. The first-order valence-corrected chi connectivity index (χ1v) is 7.49. The third kappa shape index (κ3) is 4.19. The second kappa shape index (κ2) is 7.58. The van der Waals surface area contributed by atoms with Gasteiger partial charge in [0.2, 0.25) is 5.91 Å². The van der Waals surface area contributed by atoms with Crippen molar-refractivity contribution in [3.63, 3.8) is 0 Å². The van der Waals surface area contributed by atoms with Gasteiger partial charge in [-0.05, 0) is 31.0 Å². The fourth-order valence-corrected chi connectivity index (χ4v) is 2.21. The number of rotatable bonds is 6. The van der Waals surface area contributed by atoms with Crippen molar-refractivity contribution in [2.75, 3.05) is 6.54 Å². The molecule has 0 spiro atoms. The van der Waals surface area contributed by atoms with Crippen molar-refractivity contribution in [2.24, 2.45) is 0 Å². The molecule has 1 aromatic heterocycles. The first-order chi connectivity index (χ1) is 10.5. The monoisotopic (exact) mass is 342 g/mol. The van der Waals surface area contributed by atoms with Crippen molar-refractivity contribution in [2.45, 2.75) is 25.5 Å². The summed E-state index contributed by atoms with van der Waals surface area (Å²) in [6.07, 6.45) is 2.50. The minimum absolute atomic E-state index is 0.188. The largest absolute Gasteiger partial charge is 0.388 e. The van der Waals surface area contributed by atoms with Crippen LogP contribution in [-0.4, -0.2) is 32.3 Å². The number of nitrogens with zero attached hydrogens (tertiary/aromatic N) is 3. The van der Waals surface area contributed by atoms with E-state index in [1.54, 1.807) is 25.1 Å². The Kier molecular flexibility index (Phi) is 5.76. The van der Waals surface area contributed by atoms with Crippen LogP contribution in [-0.2, 0) is 4.79 Å². The van der Waals surface area contributed by atoms with Crippen LogP contribution in [0.2, 0.25) is 10.0 Å². The van der Waals surface area contributed by atoms with E-state index in [1.165, 1.54) is 17.3 Å². The number of carbonyl (C=O) groups is 1. The van der Waals surface area contributed by atoms with E-state index in [0.29, 0.717) is 28.6 Å². The van der Waals surface area contributed by atoms with Crippen LogP contribution < -0.4 is 5.32 Å². The summed E-state index contributed by atoms with van der Waals surface area (Å²) in [5.41, 5.74) is 0.660. The molecule has 6 nitrogen and oxygen atoms in total. The maximum atomic E-state index is 11.9. The number of amides is 1. The molecule has 2 atom stereocenters. The van der Waals surface area contributed by atoms with Crippen LogP contribution in [0.5, 0.6) is 0 Å². The number of hydrogen-bond acceptors (Lipinski definition) is 4. The molecule has 2 N–H and O–H groups in total. The molecule has 0 bridgehead atoms. The van der Waals surface area contributed by atoms with Crippen molar-refractivity contribution >= 4 is 29.1 Å². The maximum Gasteiger partial charge on any atom is 0.244 e. The second-order valence-corrected chi connectivity index (χ2v) is 5.63. The number of halogens is 2. The first kappa shape index (κ1) is 16.7. The zero-order valence-electron chi connectivity index (χ0n) is 11.9. The molecular weight excluding hydrogens is 327 g/mol. The Morgan fingerprint density at radius 3 is 2.82 bits per heavy atom. The number of aliphatic hydroxyl groups excluding tert-OH is 1. The average Bonchev–Trinajstić information content (AvgIpc) is 3.03. The Balaban J connectivity index is 1.82. The van der Waals surface area contributed by atoms with E-state index in [9.17, 15) is 9.90 Å². The molecule has 0 aliphatic carbocycles. The lowest BCUT2D eigenvalue weighted by Crippen LogP contribution is -2.32. The summed E-state index contributed by atoms with van der Waals surface area (Å²) in [6, 6.07) is 4.51. The number of carbonyl (C=O) groups excluding carboxylic acids is 1. The molecule has 2 rings (SSSR count). The molecule has 2 aromatic rings. The van der Waals surface area contributed by atoms with E-state index in [2.05, 4.69) is 15.4 Å². The van der Waals surface area contributed by atoms with Gasteiger partial charge in [0.05, 0.1) is 16.1 Å². The number of aromatic nitrogens is 3. The Labute approximate surface area is 138 Å². The van der Waals surface area contributed by atoms with E-state index >= 15 is 0 Å². The molecule has 1 heterocycles. The Morgan fingerprint density at radius 2 is 2.18 bits per heavy atom. The molecule has 22 heavy (non-hydrogen) atoms. The van der Waals surface area contributed by atoms with Gasteiger partial charge in [0, 0.05) is 6.54 Å². The van der Waals surface area contributed by atoms with Crippen LogP contribution in [0, 0.1) is 0 Å². The molecular formula is C14H16Cl2N4O2. The SMILES string of the molecule is C[C@@H](C(=O)NCC[C@@H](O)c1ccc(Cl)c(Cl)c1)n1cncn1. The predicted octanol–water partition coefficient (Wildman–Crippen LogP) is 2.39. The number of nitrogens with one attached hydrogen (secondary N) is 1. The highest BCUT2D eigenvalue weighted by molar-refractivity contribution is 6.42. The van der Waals surface area contributed by atoms with Crippen molar-refractivity contribution in [3.8, 4) is 0 Å². The van der Waals surface area contributed by atoms with Crippen LogP contribution in [0.15, 0.2) is 30.9 Å². The third-order valence-electron chi connectivity index (χ3n) is 3.26. The Hall–Kier alpha value is -1.63. The van der Waals surface area contributed by atoms with Gasteiger partial charge in [-0.2, -0.15) is 5.10 Å². The number of aliphatic hydroxyl groups is 1. The quantitative estimate of drug-likeness (QED) is 0.844. The highest BCUT2D eigenvalue weighted by Crippen LogP contribution is 2.26. The van der Waals surface area contributed by atoms with Crippen LogP contribution in [0.1, 0.15) is 31.1 Å². The van der Waals surface area contributed by atoms with Gasteiger partial charge in [0.25, 0.3) is 0 Å². The lowest BCUT2D eigenvalue weighted by Gasteiger charge is -2.15. The van der Waals surface area contributed by atoms with Gasteiger partial charge in [-0.3, -0.25) is 4.79 Å². The van der Waals surface area contributed by atoms with E-state index in [1.807, 2.05) is 0 Å². The topological polar surface area (TPSA) is 80.0 Å². The van der Waals surface area contributed by atoms with Crippen molar-refractivity contribution in [1.82, 2.24) is 20.1 Å². The molecule has 118 valence electrons. The van der Waals surface area contributed by atoms with E-state index in [0.717, 1.165) is 0 Å². The normalized spacial score (nSPS) is 13.6. The van der Waals surface area contributed by atoms with Gasteiger partial charge in [-0.15, -0.1) is 0 Å². The zero-order chi connectivity index (χ0) is 16.1. The molecule has 0 saturated carbocycles. The van der Waals surface area contributed by atoms with Crippen molar-refractivity contribution in [3.05, 3.63) is 46.5 Å². The highest BCUT2D eigenvalue weighted by atomic mass is 35.5. The van der Waals surface area contributed by atoms with E-state index in [4.69, 9.17) is 23.2 Å². The standard InChI is InChI=1S/C14H16Cl2N4O2/c1-9(20-8-17-7-19-20)14(22)18-5-4-13(21)10-2-3-11(15)12(16)6-10/h2-3,6-9,13,21H,4-5H2,1H3,(H,18,22)/t9-,13+/m0/s1. The molecule has 0 aliphatic heterocycles.